The van der Waals surface area contributed by atoms with Gasteiger partial charge in [-0.1, -0.05) is 11.6 Å². The number of nitrogens with zero attached hydrogens (tertiary/aromatic N) is 3. The Kier molecular flexibility index (Phi) is 2.96. The second kappa shape index (κ2) is 4.64. The van der Waals surface area contributed by atoms with E-state index in [4.69, 9.17) is 11.6 Å². The lowest BCUT2D eigenvalue weighted by atomic mass is 10.2. The fourth-order valence-corrected chi connectivity index (χ4v) is 2.80. The summed E-state index contributed by atoms with van der Waals surface area (Å²) in [6.07, 6.45) is 5.21. The second-order valence-corrected chi connectivity index (χ2v) is 5.31. The van der Waals surface area contributed by atoms with E-state index >= 15 is 0 Å². The van der Waals surface area contributed by atoms with Gasteiger partial charge < -0.3 is 5.32 Å². The third kappa shape index (κ3) is 2.09. The molecule has 0 radical (unpaired) electrons. The number of aromatic nitrogens is 3. The SMILES string of the molecule is CNC(=O)c1ncc(-c2cnn3ccc(Cl)cc23)s1. The van der Waals surface area contributed by atoms with Crippen molar-refractivity contribution >= 4 is 34.4 Å². The number of thiazole rings is 1. The highest BCUT2D eigenvalue weighted by Crippen LogP contribution is 2.30. The number of rotatable bonds is 2. The van der Waals surface area contributed by atoms with Gasteiger partial charge in [-0.2, -0.15) is 5.10 Å². The molecular weight excluding hydrogens is 284 g/mol. The first-order valence-electron chi connectivity index (χ1n) is 5.50. The van der Waals surface area contributed by atoms with E-state index in [0.717, 1.165) is 16.0 Å². The van der Waals surface area contributed by atoms with Gasteiger partial charge in [-0.25, -0.2) is 9.50 Å². The molecule has 0 saturated heterocycles. The predicted molar refractivity (Wildman–Crippen MR) is 74.7 cm³/mol. The van der Waals surface area contributed by atoms with E-state index in [1.807, 2.05) is 6.07 Å². The van der Waals surface area contributed by atoms with Crippen molar-refractivity contribution in [3.8, 4) is 10.4 Å². The molecule has 1 N–H and O–H groups in total. The van der Waals surface area contributed by atoms with Crippen molar-refractivity contribution in [3.63, 3.8) is 0 Å². The summed E-state index contributed by atoms with van der Waals surface area (Å²) in [6, 6.07) is 3.61. The zero-order chi connectivity index (χ0) is 13.4. The van der Waals surface area contributed by atoms with Gasteiger partial charge >= 0.3 is 0 Å². The van der Waals surface area contributed by atoms with E-state index in [0.29, 0.717) is 10.0 Å². The highest BCUT2D eigenvalue weighted by atomic mass is 35.5. The Morgan fingerprint density at radius 2 is 2.32 bits per heavy atom. The molecule has 0 bridgehead atoms. The van der Waals surface area contributed by atoms with Gasteiger partial charge in [0.05, 0.1) is 16.6 Å². The van der Waals surface area contributed by atoms with Crippen molar-refractivity contribution in [2.24, 2.45) is 0 Å². The van der Waals surface area contributed by atoms with Crippen molar-refractivity contribution in [2.75, 3.05) is 7.05 Å². The zero-order valence-corrected chi connectivity index (χ0v) is 11.5. The standard InChI is InChI=1S/C12H9ClN4OS/c1-14-11(18)12-15-6-10(19-12)8-5-16-17-3-2-7(13)4-9(8)17/h2-6H,1H3,(H,14,18). The molecule has 3 aromatic heterocycles. The Labute approximate surface area is 117 Å². The molecule has 0 saturated carbocycles. The van der Waals surface area contributed by atoms with Gasteiger partial charge in [0, 0.05) is 30.0 Å². The van der Waals surface area contributed by atoms with Crippen LogP contribution in [-0.2, 0) is 0 Å². The van der Waals surface area contributed by atoms with Gasteiger partial charge in [0.1, 0.15) is 0 Å². The Hall–Kier alpha value is -1.92. The first-order chi connectivity index (χ1) is 9.19. The summed E-state index contributed by atoms with van der Waals surface area (Å²) in [6.45, 7) is 0. The van der Waals surface area contributed by atoms with Crippen molar-refractivity contribution < 1.29 is 4.79 Å². The van der Waals surface area contributed by atoms with Crippen LogP contribution in [0.3, 0.4) is 0 Å². The van der Waals surface area contributed by atoms with E-state index < -0.39 is 0 Å². The Bertz CT molecular complexity index is 764. The molecule has 0 aliphatic rings. The molecule has 0 spiro atoms. The van der Waals surface area contributed by atoms with Gasteiger partial charge in [0.15, 0.2) is 5.01 Å². The zero-order valence-electron chi connectivity index (χ0n) is 9.92. The van der Waals surface area contributed by atoms with Crippen molar-refractivity contribution in [1.29, 1.82) is 0 Å². The molecular formula is C12H9ClN4OS. The predicted octanol–water partition coefficient (Wildman–Crippen LogP) is 2.47. The summed E-state index contributed by atoms with van der Waals surface area (Å²) in [5.41, 5.74) is 1.80. The average Bonchev–Trinajstić information content (AvgIpc) is 3.03. The molecule has 0 aromatic carbocycles. The number of pyridine rings is 1. The van der Waals surface area contributed by atoms with Gasteiger partial charge in [0.25, 0.3) is 5.91 Å². The van der Waals surface area contributed by atoms with Crippen LogP contribution in [0, 0.1) is 0 Å². The summed E-state index contributed by atoms with van der Waals surface area (Å²) in [7, 11) is 1.58. The number of nitrogens with one attached hydrogen (secondary N) is 1. The van der Waals surface area contributed by atoms with Gasteiger partial charge in [-0.05, 0) is 12.1 Å². The molecule has 0 aliphatic carbocycles. The maximum Gasteiger partial charge on any atom is 0.280 e. The topological polar surface area (TPSA) is 59.3 Å². The summed E-state index contributed by atoms with van der Waals surface area (Å²) in [5, 5.41) is 7.87. The first kappa shape index (κ1) is 12.1. The monoisotopic (exact) mass is 292 g/mol. The summed E-state index contributed by atoms with van der Waals surface area (Å²) in [5.74, 6) is -0.189. The third-order valence-corrected chi connectivity index (χ3v) is 3.94. The first-order valence-corrected chi connectivity index (χ1v) is 6.69. The lowest BCUT2D eigenvalue weighted by molar-refractivity contribution is 0.0962. The van der Waals surface area contributed by atoms with E-state index in [-0.39, 0.29) is 5.91 Å². The minimum atomic E-state index is -0.189. The van der Waals surface area contributed by atoms with E-state index in [2.05, 4.69) is 15.4 Å². The Morgan fingerprint density at radius 3 is 3.11 bits per heavy atom. The summed E-state index contributed by atoms with van der Waals surface area (Å²) >= 11 is 7.32. The largest absolute Gasteiger partial charge is 0.353 e. The van der Waals surface area contributed by atoms with Crippen LogP contribution in [0.1, 0.15) is 9.80 Å². The Morgan fingerprint density at radius 1 is 1.47 bits per heavy atom. The lowest BCUT2D eigenvalue weighted by Crippen LogP contribution is -2.17. The molecule has 3 rings (SSSR count). The molecule has 1 amide bonds. The van der Waals surface area contributed by atoms with Crippen LogP contribution in [-0.4, -0.2) is 27.6 Å². The second-order valence-electron chi connectivity index (χ2n) is 3.84. The number of halogens is 1. The average molecular weight is 293 g/mol. The molecule has 7 heteroatoms. The van der Waals surface area contributed by atoms with Crippen LogP contribution in [0.2, 0.25) is 5.02 Å². The molecule has 0 fully saturated rings. The Balaban J connectivity index is 2.11. The maximum atomic E-state index is 11.5. The number of hydrogen-bond acceptors (Lipinski definition) is 4. The van der Waals surface area contributed by atoms with E-state index in [1.54, 1.807) is 36.2 Å². The van der Waals surface area contributed by atoms with Crippen LogP contribution in [0.5, 0.6) is 0 Å². The smallest absolute Gasteiger partial charge is 0.280 e. The number of fused-ring (bicyclic) bond motifs is 1. The highest BCUT2D eigenvalue weighted by molar-refractivity contribution is 7.17. The number of amides is 1. The lowest BCUT2D eigenvalue weighted by Gasteiger charge is -1.96. The molecule has 0 unspecified atom stereocenters. The molecule has 19 heavy (non-hydrogen) atoms. The van der Waals surface area contributed by atoms with Crippen molar-refractivity contribution in [2.45, 2.75) is 0 Å². The number of carbonyl (C=O) groups is 1. The van der Waals surface area contributed by atoms with Crippen LogP contribution in [0.15, 0.2) is 30.7 Å². The van der Waals surface area contributed by atoms with Crippen LogP contribution >= 0.6 is 22.9 Å². The molecule has 3 heterocycles. The van der Waals surface area contributed by atoms with Crippen LogP contribution in [0.4, 0.5) is 0 Å². The summed E-state index contributed by atoms with van der Waals surface area (Å²) in [4.78, 5) is 16.5. The number of carbonyl (C=O) groups excluding carboxylic acids is 1. The molecule has 0 atom stereocenters. The van der Waals surface area contributed by atoms with Crippen molar-refractivity contribution in [1.82, 2.24) is 19.9 Å². The fraction of sp³-hybridized carbons (Fsp3) is 0.0833. The number of hydrogen-bond donors (Lipinski definition) is 1. The molecule has 96 valence electrons. The fourth-order valence-electron chi connectivity index (χ4n) is 1.76. The minimum Gasteiger partial charge on any atom is -0.353 e. The van der Waals surface area contributed by atoms with Crippen molar-refractivity contribution in [3.05, 3.63) is 40.8 Å². The third-order valence-electron chi connectivity index (χ3n) is 2.68. The quantitative estimate of drug-likeness (QED) is 0.789. The van der Waals surface area contributed by atoms with E-state index in [9.17, 15) is 4.79 Å². The van der Waals surface area contributed by atoms with Crippen LogP contribution in [0.25, 0.3) is 16.0 Å². The maximum absolute atomic E-state index is 11.5. The van der Waals surface area contributed by atoms with Gasteiger partial charge in [-0.15, -0.1) is 11.3 Å². The molecule has 0 aliphatic heterocycles. The van der Waals surface area contributed by atoms with Crippen LogP contribution < -0.4 is 5.32 Å². The molecule has 3 aromatic rings. The van der Waals surface area contributed by atoms with Gasteiger partial charge in [0.2, 0.25) is 0 Å². The molecule has 5 nitrogen and oxygen atoms in total. The normalized spacial score (nSPS) is 10.8. The highest BCUT2D eigenvalue weighted by Gasteiger charge is 2.13. The summed E-state index contributed by atoms with van der Waals surface area (Å²) < 4.78 is 1.74. The van der Waals surface area contributed by atoms with E-state index in [1.165, 1.54) is 11.3 Å². The minimum absolute atomic E-state index is 0.189. The van der Waals surface area contributed by atoms with Gasteiger partial charge in [-0.3, -0.25) is 4.79 Å².